The van der Waals surface area contributed by atoms with E-state index >= 15 is 0 Å². The van der Waals surface area contributed by atoms with E-state index < -0.39 is 5.97 Å². The highest BCUT2D eigenvalue weighted by Crippen LogP contribution is 2.30. The van der Waals surface area contributed by atoms with Gasteiger partial charge in [0.05, 0.1) is 25.1 Å². The van der Waals surface area contributed by atoms with Gasteiger partial charge in [0.1, 0.15) is 0 Å². The minimum Gasteiger partial charge on any atom is -0.461 e. The third-order valence-corrected chi connectivity index (χ3v) is 3.62. The van der Waals surface area contributed by atoms with Crippen LogP contribution in [0.4, 0.5) is 5.69 Å². The van der Waals surface area contributed by atoms with Gasteiger partial charge < -0.3 is 15.6 Å². The third kappa shape index (κ3) is 2.64. The van der Waals surface area contributed by atoms with E-state index in [-0.39, 0.29) is 6.61 Å². The second kappa shape index (κ2) is 6.10. The van der Waals surface area contributed by atoms with Gasteiger partial charge in [-0.05, 0) is 30.2 Å². The number of carbonyl (C=O) groups excluding carboxylic acids is 1. The van der Waals surface area contributed by atoms with Crippen LogP contribution >= 0.6 is 0 Å². The van der Waals surface area contributed by atoms with Gasteiger partial charge in [-0.25, -0.2) is 9.78 Å². The number of ether oxygens (including phenoxy) is 1. The first-order chi connectivity index (χ1) is 11.2. The first-order valence-electron chi connectivity index (χ1n) is 7.28. The number of hydrogen-bond acceptors (Lipinski definition) is 5. The fraction of sp³-hybridized carbons (Fsp3) is 0.176. The van der Waals surface area contributed by atoms with E-state index in [0.29, 0.717) is 23.6 Å². The second-order valence-electron chi connectivity index (χ2n) is 5.06. The number of carbonyl (C=O) groups is 1. The molecular formula is C17H17N3O3. The molecule has 0 bridgehead atoms. The lowest BCUT2D eigenvalue weighted by atomic mass is 10.0. The predicted octanol–water partition coefficient (Wildman–Crippen LogP) is 2.25. The molecule has 0 spiro atoms. The number of fused-ring (bicyclic) bond motifs is 1. The molecule has 0 aliphatic rings. The van der Waals surface area contributed by atoms with Gasteiger partial charge in [0, 0.05) is 11.8 Å². The smallest absolute Gasteiger partial charge is 0.356 e. The number of nitrogen functional groups attached to an aromatic ring is 1. The standard InChI is InChI=1S/C17H17N3O3/c1-2-23-17(22)14-9-19-16-15(18)13(6-7-20(14)16)12-5-3-4-11(8-12)10-21/h3-9,21H,2,10,18H2,1H3. The molecule has 1 aromatic carbocycles. The van der Waals surface area contributed by atoms with Gasteiger partial charge in [0.25, 0.3) is 0 Å². The predicted molar refractivity (Wildman–Crippen MR) is 86.9 cm³/mol. The van der Waals surface area contributed by atoms with Gasteiger partial charge in [-0.1, -0.05) is 18.2 Å². The Hall–Kier alpha value is -2.86. The lowest BCUT2D eigenvalue weighted by molar-refractivity contribution is 0.0518. The van der Waals surface area contributed by atoms with Crippen LogP contribution in [0, 0.1) is 0 Å². The zero-order valence-electron chi connectivity index (χ0n) is 12.7. The molecule has 0 aliphatic heterocycles. The maximum Gasteiger partial charge on any atom is 0.356 e. The van der Waals surface area contributed by atoms with Crippen LogP contribution in [0.5, 0.6) is 0 Å². The molecule has 6 nitrogen and oxygen atoms in total. The van der Waals surface area contributed by atoms with Crippen LogP contribution in [0.1, 0.15) is 23.0 Å². The average Bonchev–Trinajstić information content (AvgIpc) is 3.00. The van der Waals surface area contributed by atoms with E-state index in [0.717, 1.165) is 16.7 Å². The molecule has 0 fully saturated rings. The molecule has 3 rings (SSSR count). The summed E-state index contributed by atoms with van der Waals surface area (Å²) in [5.74, 6) is -0.436. The normalized spacial score (nSPS) is 10.9. The molecule has 0 saturated carbocycles. The molecule has 3 aromatic rings. The topological polar surface area (TPSA) is 89.8 Å². The third-order valence-electron chi connectivity index (χ3n) is 3.62. The number of esters is 1. The second-order valence-corrected chi connectivity index (χ2v) is 5.06. The van der Waals surface area contributed by atoms with E-state index in [4.69, 9.17) is 10.5 Å². The Morgan fingerprint density at radius 3 is 2.96 bits per heavy atom. The average molecular weight is 311 g/mol. The number of aliphatic hydroxyl groups excluding tert-OH is 1. The van der Waals surface area contributed by atoms with E-state index in [2.05, 4.69) is 4.98 Å². The van der Waals surface area contributed by atoms with Crippen LogP contribution in [0.25, 0.3) is 16.8 Å². The van der Waals surface area contributed by atoms with Crippen LogP contribution in [0.3, 0.4) is 0 Å². The number of pyridine rings is 1. The Kier molecular flexibility index (Phi) is 3.99. The fourth-order valence-electron chi connectivity index (χ4n) is 2.52. The van der Waals surface area contributed by atoms with Gasteiger partial charge in [-0.3, -0.25) is 4.40 Å². The van der Waals surface area contributed by atoms with Crippen molar-refractivity contribution in [3.63, 3.8) is 0 Å². The number of rotatable bonds is 4. The molecule has 0 aliphatic carbocycles. The van der Waals surface area contributed by atoms with E-state index in [1.165, 1.54) is 6.20 Å². The van der Waals surface area contributed by atoms with Gasteiger partial charge in [-0.15, -0.1) is 0 Å². The summed E-state index contributed by atoms with van der Waals surface area (Å²) in [6.07, 6.45) is 3.20. The summed E-state index contributed by atoms with van der Waals surface area (Å²) >= 11 is 0. The molecule has 2 heterocycles. The van der Waals surface area contributed by atoms with E-state index in [1.807, 2.05) is 30.3 Å². The zero-order chi connectivity index (χ0) is 16.4. The molecule has 23 heavy (non-hydrogen) atoms. The lowest BCUT2D eigenvalue weighted by Crippen LogP contribution is -2.08. The molecule has 0 amide bonds. The van der Waals surface area contributed by atoms with Crippen LogP contribution < -0.4 is 5.73 Å². The lowest BCUT2D eigenvalue weighted by Gasteiger charge is -2.09. The molecule has 0 saturated heterocycles. The molecule has 0 unspecified atom stereocenters. The Balaban J connectivity index is 2.11. The molecule has 0 atom stereocenters. The summed E-state index contributed by atoms with van der Waals surface area (Å²) in [5, 5.41) is 9.27. The Morgan fingerprint density at radius 1 is 1.39 bits per heavy atom. The van der Waals surface area contributed by atoms with Crippen molar-refractivity contribution in [1.29, 1.82) is 0 Å². The number of aromatic nitrogens is 2. The van der Waals surface area contributed by atoms with Crippen LogP contribution in [0.2, 0.25) is 0 Å². The summed E-state index contributed by atoms with van der Waals surface area (Å²) in [5.41, 5.74) is 10.0. The van der Waals surface area contributed by atoms with Gasteiger partial charge in [0.2, 0.25) is 0 Å². The van der Waals surface area contributed by atoms with Gasteiger partial charge in [0.15, 0.2) is 11.3 Å². The number of benzene rings is 1. The minimum absolute atomic E-state index is 0.0353. The zero-order valence-corrected chi connectivity index (χ0v) is 12.7. The highest BCUT2D eigenvalue weighted by atomic mass is 16.5. The first-order valence-corrected chi connectivity index (χ1v) is 7.28. The number of nitrogens with two attached hydrogens (primary N) is 1. The van der Waals surface area contributed by atoms with Crippen molar-refractivity contribution >= 4 is 17.3 Å². The highest BCUT2D eigenvalue weighted by Gasteiger charge is 2.16. The first kappa shape index (κ1) is 15.1. The van der Waals surface area contributed by atoms with Crippen molar-refractivity contribution in [3.05, 3.63) is 54.0 Å². The monoisotopic (exact) mass is 311 g/mol. The van der Waals surface area contributed by atoms with Crippen molar-refractivity contribution in [2.24, 2.45) is 0 Å². The van der Waals surface area contributed by atoms with Gasteiger partial charge in [-0.2, -0.15) is 0 Å². The van der Waals surface area contributed by atoms with Crippen LogP contribution in [-0.2, 0) is 11.3 Å². The molecule has 2 aromatic heterocycles. The van der Waals surface area contributed by atoms with E-state index in [9.17, 15) is 9.90 Å². The Bertz CT molecular complexity index is 871. The number of hydrogen-bond donors (Lipinski definition) is 2. The van der Waals surface area contributed by atoms with Crippen molar-refractivity contribution in [2.45, 2.75) is 13.5 Å². The summed E-state index contributed by atoms with van der Waals surface area (Å²) in [6.45, 7) is 2.02. The summed E-state index contributed by atoms with van der Waals surface area (Å²) in [7, 11) is 0. The van der Waals surface area contributed by atoms with E-state index in [1.54, 1.807) is 17.5 Å². The Labute approximate surface area is 133 Å². The molecule has 118 valence electrons. The highest BCUT2D eigenvalue weighted by molar-refractivity contribution is 5.92. The van der Waals surface area contributed by atoms with Gasteiger partial charge >= 0.3 is 5.97 Å². The summed E-state index contributed by atoms with van der Waals surface area (Å²) in [6, 6.07) is 9.31. The molecular weight excluding hydrogens is 294 g/mol. The number of anilines is 1. The maximum absolute atomic E-state index is 11.9. The van der Waals surface area contributed by atoms with Crippen molar-refractivity contribution < 1.29 is 14.6 Å². The van der Waals surface area contributed by atoms with Crippen molar-refractivity contribution in [2.75, 3.05) is 12.3 Å². The maximum atomic E-state index is 11.9. The van der Waals surface area contributed by atoms with Crippen molar-refractivity contribution in [1.82, 2.24) is 9.38 Å². The fourth-order valence-corrected chi connectivity index (χ4v) is 2.52. The molecule has 3 N–H and O–H groups in total. The quantitative estimate of drug-likeness (QED) is 0.721. The largest absolute Gasteiger partial charge is 0.461 e. The Morgan fingerprint density at radius 2 is 2.22 bits per heavy atom. The molecule has 6 heteroatoms. The SMILES string of the molecule is CCOC(=O)c1cnc2c(N)c(-c3cccc(CO)c3)ccn12. The summed E-state index contributed by atoms with van der Waals surface area (Å²) in [4.78, 5) is 16.2. The van der Waals surface area contributed by atoms with Crippen LogP contribution in [-0.4, -0.2) is 27.1 Å². The number of nitrogens with zero attached hydrogens (tertiary/aromatic N) is 2. The summed E-state index contributed by atoms with van der Waals surface area (Å²) < 4.78 is 6.63. The van der Waals surface area contributed by atoms with Crippen molar-refractivity contribution in [3.8, 4) is 11.1 Å². The number of aliphatic hydroxyl groups is 1. The number of imidazole rings is 1. The minimum atomic E-state index is -0.436. The van der Waals surface area contributed by atoms with Crippen LogP contribution in [0.15, 0.2) is 42.7 Å². The molecule has 0 radical (unpaired) electrons.